The molecule has 4 unspecified atom stereocenters. The number of nitrogens with zero attached hydrogens (tertiary/aromatic N) is 2. The zero-order chi connectivity index (χ0) is 27.2. The van der Waals surface area contributed by atoms with Crippen LogP contribution in [0.3, 0.4) is 0 Å². The van der Waals surface area contributed by atoms with E-state index in [1.54, 1.807) is 48.5 Å². The second-order valence-corrected chi connectivity index (χ2v) is 10.2. The highest BCUT2D eigenvalue weighted by Crippen LogP contribution is 2.52. The predicted octanol–water partition coefficient (Wildman–Crippen LogP) is 3.88. The molecule has 0 saturated carbocycles. The number of halogens is 1. The number of nitrogens with one attached hydrogen (secondary N) is 1. The first-order chi connectivity index (χ1) is 18.2. The number of hydrogen-bond acceptors (Lipinski definition) is 7. The normalized spacial score (nSPS) is 24.4. The number of anilines is 1. The Morgan fingerprint density at radius 1 is 1.11 bits per heavy atom. The van der Waals surface area contributed by atoms with Gasteiger partial charge in [0.05, 0.1) is 29.6 Å². The third kappa shape index (κ3) is 4.04. The molecule has 2 aliphatic heterocycles. The number of imide groups is 1. The van der Waals surface area contributed by atoms with Crippen LogP contribution in [-0.2, 0) is 20.8 Å². The second kappa shape index (κ2) is 9.66. The Balaban J connectivity index is 1.70. The number of aliphatic carboxylic acids is 1. The summed E-state index contributed by atoms with van der Waals surface area (Å²) >= 11 is 3.43. The average Bonchev–Trinajstić information content (AvgIpc) is 3.38. The highest BCUT2D eigenvalue weighted by Gasteiger charge is 2.69. The van der Waals surface area contributed by atoms with E-state index >= 15 is 0 Å². The summed E-state index contributed by atoms with van der Waals surface area (Å²) in [6.45, 7) is 0. The fraction of sp³-hybridized carbons (Fsp3) is 0.222. The van der Waals surface area contributed by atoms with Crippen LogP contribution in [0.15, 0.2) is 77.3 Å². The molecule has 11 heteroatoms. The highest BCUT2D eigenvalue weighted by atomic mass is 79.9. The molecule has 2 amide bonds. The topological polar surface area (TPSA) is 139 Å². The summed E-state index contributed by atoms with van der Waals surface area (Å²) in [7, 11) is 1.46. The third-order valence-corrected chi connectivity index (χ3v) is 7.68. The number of amides is 2. The Hall–Kier alpha value is -4.09. The van der Waals surface area contributed by atoms with Crippen LogP contribution < -0.4 is 15.0 Å². The molecule has 0 aromatic heterocycles. The molecule has 194 valence electrons. The number of nitro groups is 1. The van der Waals surface area contributed by atoms with E-state index in [1.165, 1.54) is 25.3 Å². The lowest BCUT2D eigenvalue weighted by Gasteiger charge is -2.31. The zero-order valence-electron chi connectivity index (χ0n) is 20.0. The fourth-order valence-corrected chi connectivity index (χ4v) is 5.95. The molecule has 2 heterocycles. The van der Waals surface area contributed by atoms with Crippen molar-refractivity contribution in [3.05, 3.63) is 98.5 Å². The third-order valence-electron chi connectivity index (χ3n) is 7.19. The molecular formula is C27H22BrN3O7. The highest BCUT2D eigenvalue weighted by molar-refractivity contribution is 9.10. The molecule has 0 radical (unpaired) electrons. The molecule has 2 saturated heterocycles. The maximum atomic E-state index is 14.0. The first kappa shape index (κ1) is 25.6. The molecule has 2 aliphatic rings. The van der Waals surface area contributed by atoms with Gasteiger partial charge in [-0.25, -0.2) is 4.90 Å². The van der Waals surface area contributed by atoms with Crippen LogP contribution in [0.1, 0.15) is 17.2 Å². The van der Waals surface area contributed by atoms with E-state index in [-0.39, 0.29) is 17.8 Å². The standard InChI is InChI=1S/C27H22BrN3O7/c1-38-20-11-10-16(28)12-19(20)23-21-22(27(29-23,26(34)35)14-15-6-3-2-4-7-15)25(33)30(24(21)32)17-8-5-9-18(13-17)31(36)37/h2-13,21-23,29H,14H2,1H3,(H,34,35). The fourth-order valence-electron chi connectivity index (χ4n) is 5.57. The quantitative estimate of drug-likeness (QED) is 0.244. The Morgan fingerprint density at radius 3 is 2.50 bits per heavy atom. The van der Waals surface area contributed by atoms with Crippen LogP contribution in [-0.4, -0.2) is 40.5 Å². The lowest BCUT2D eigenvalue weighted by molar-refractivity contribution is -0.384. The van der Waals surface area contributed by atoms with E-state index < -0.39 is 46.1 Å². The largest absolute Gasteiger partial charge is 0.496 e. The number of methoxy groups -OCH3 is 1. The van der Waals surface area contributed by atoms with Gasteiger partial charge in [0.2, 0.25) is 11.8 Å². The Labute approximate surface area is 225 Å². The van der Waals surface area contributed by atoms with Gasteiger partial charge in [0, 0.05) is 34.6 Å². The Morgan fingerprint density at radius 2 is 1.84 bits per heavy atom. The number of ether oxygens (including phenoxy) is 1. The van der Waals surface area contributed by atoms with Crippen molar-refractivity contribution in [2.24, 2.45) is 11.8 Å². The van der Waals surface area contributed by atoms with E-state index in [2.05, 4.69) is 21.2 Å². The number of benzene rings is 3. The van der Waals surface area contributed by atoms with Gasteiger partial charge in [-0.05, 0) is 29.8 Å². The van der Waals surface area contributed by atoms with E-state index in [0.717, 1.165) is 11.0 Å². The maximum Gasteiger partial charge on any atom is 0.325 e. The number of fused-ring (bicyclic) bond motifs is 1. The van der Waals surface area contributed by atoms with Crippen LogP contribution in [0, 0.1) is 22.0 Å². The molecule has 0 aliphatic carbocycles. The molecule has 0 bridgehead atoms. The van der Waals surface area contributed by atoms with E-state index in [9.17, 15) is 29.6 Å². The molecule has 2 fully saturated rings. The van der Waals surface area contributed by atoms with Gasteiger partial charge in [-0.2, -0.15) is 0 Å². The van der Waals surface area contributed by atoms with Crippen molar-refractivity contribution >= 4 is 45.1 Å². The number of carboxylic acids is 1. The van der Waals surface area contributed by atoms with Gasteiger partial charge < -0.3 is 9.84 Å². The van der Waals surface area contributed by atoms with Gasteiger partial charge >= 0.3 is 5.97 Å². The van der Waals surface area contributed by atoms with Gasteiger partial charge in [-0.15, -0.1) is 0 Å². The van der Waals surface area contributed by atoms with Crippen LogP contribution >= 0.6 is 15.9 Å². The van der Waals surface area contributed by atoms with Gasteiger partial charge in [-0.1, -0.05) is 52.3 Å². The summed E-state index contributed by atoms with van der Waals surface area (Å²) in [5, 5.41) is 25.2. The molecule has 10 nitrogen and oxygen atoms in total. The molecule has 5 rings (SSSR count). The molecular weight excluding hydrogens is 558 g/mol. The zero-order valence-corrected chi connectivity index (χ0v) is 21.6. The summed E-state index contributed by atoms with van der Waals surface area (Å²) in [5.74, 6) is -4.64. The van der Waals surface area contributed by atoms with Crippen molar-refractivity contribution in [1.29, 1.82) is 0 Å². The minimum Gasteiger partial charge on any atom is -0.496 e. The number of carbonyl (C=O) groups is 3. The van der Waals surface area contributed by atoms with Crippen LogP contribution in [0.5, 0.6) is 5.75 Å². The SMILES string of the molecule is COc1ccc(Br)cc1C1NC(Cc2ccccc2)(C(=O)O)C2C(=O)N(c3cccc([N+](=O)[O-])c3)C(=O)C12. The lowest BCUT2D eigenvalue weighted by Crippen LogP contribution is -2.57. The summed E-state index contributed by atoms with van der Waals surface area (Å²) in [6, 6.07) is 18.3. The van der Waals surface area contributed by atoms with E-state index in [4.69, 9.17) is 4.74 Å². The molecule has 4 atom stereocenters. The summed E-state index contributed by atoms with van der Waals surface area (Å²) in [4.78, 5) is 52.6. The molecule has 3 aromatic rings. The number of non-ortho nitro benzene ring substituents is 1. The summed E-state index contributed by atoms with van der Waals surface area (Å²) in [5.41, 5.74) is -0.946. The summed E-state index contributed by atoms with van der Waals surface area (Å²) < 4.78 is 6.21. The van der Waals surface area contributed by atoms with Crippen molar-refractivity contribution in [3.63, 3.8) is 0 Å². The van der Waals surface area contributed by atoms with Gasteiger partial charge in [0.15, 0.2) is 0 Å². The van der Waals surface area contributed by atoms with Gasteiger partial charge in [-0.3, -0.25) is 29.8 Å². The van der Waals surface area contributed by atoms with Crippen LogP contribution in [0.25, 0.3) is 0 Å². The number of carbonyl (C=O) groups excluding carboxylic acids is 2. The Kier molecular flexibility index (Phi) is 6.49. The second-order valence-electron chi connectivity index (χ2n) is 9.24. The maximum absolute atomic E-state index is 14.0. The van der Waals surface area contributed by atoms with Crippen molar-refractivity contribution < 1.29 is 29.2 Å². The van der Waals surface area contributed by atoms with E-state index in [1.807, 2.05) is 0 Å². The number of hydrogen-bond donors (Lipinski definition) is 2. The number of carboxylic acid groups (broad SMARTS) is 1. The smallest absolute Gasteiger partial charge is 0.325 e. The average molecular weight is 580 g/mol. The van der Waals surface area contributed by atoms with Crippen LogP contribution in [0.2, 0.25) is 0 Å². The van der Waals surface area contributed by atoms with Crippen molar-refractivity contribution in [2.75, 3.05) is 12.0 Å². The van der Waals surface area contributed by atoms with Crippen LogP contribution in [0.4, 0.5) is 11.4 Å². The lowest BCUT2D eigenvalue weighted by atomic mass is 9.76. The predicted molar refractivity (Wildman–Crippen MR) is 140 cm³/mol. The van der Waals surface area contributed by atoms with Gasteiger partial charge in [0.25, 0.3) is 5.69 Å². The minimum atomic E-state index is -1.84. The molecule has 38 heavy (non-hydrogen) atoms. The number of nitro benzene ring substituents is 1. The minimum absolute atomic E-state index is 0.0163. The first-order valence-corrected chi connectivity index (χ1v) is 12.5. The monoisotopic (exact) mass is 579 g/mol. The molecule has 2 N–H and O–H groups in total. The van der Waals surface area contributed by atoms with Crippen molar-refractivity contribution in [2.45, 2.75) is 18.0 Å². The molecule has 3 aromatic carbocycles. The van der Waals surface area contributed by atoms with E-state index in [0.29, 0.717) is 21.3 Å². The van der Waals surface area contributed by atoms with Gasteiger partial charge in [0.1, 0.15) is 11.3 Å². The summed E-state index contributed by atoms with van der Waals surface area (Å²) in [6.07, 6.45) is -0.0705. The van der Waals surface area contributed by atoms with Crippen molar-refractivity contribution in [1.82, 2.24) is 5.32 Å². The first-order valence-electron chi connectivity index (χ1n) is 11.7. The number of rotatable bonds is 7. The Bertz CT molecular complexity index is 1460. The molecule has 0 spiro atoms. The van der Waals surface area contributed by atoms with Crippen molar-refractivity contribution in [3.8, 4) is 5.75 Å².